The first-order chi connectivity index (χ1) is 10.2. The lowest BCUT2D eigenvalue weighted by atomic mass is 10.1. The van der Waals surface area contributed by atoms with Gasteiger partial charge in [-0.1, -0.05) is 32.0 Å². The van der Waals surface area contributed by atoms with Crippen LogP contribution in [-0.4, -0.2) is 42.0 Å². The number of aryl methyl sites for hydroxylation is 1. The number of hydrogen-bond acceptors (Lipinski definition) is 4. The van der Waals surface area contributed by atoms with Crippen LogP contribution in [0.4, 0.5) is 5.69 Å². The van der Waals surface area contributed by atoms with Crippen LogP contribution in [0.25, 0.3) is 0 Å². The van der Waals surface area contributed by atoms with Gasteiger partial charge in [-0.05, 0) is 6.42 Å². The van der Waals surface area contributed by atoms with Crippen LogP contribution in [0, 0.1) is 10.1 Å². The zero-order valence-electron chi connectivity index (χ0n) is 12.6. The van der Waals surface area contributed by atoms with Gasteiger partial charge in [0.15, 0.2) is 0 Å². The van der Waals surface area contributed by atoms with E-state index in [0.717, 1.165) is 0 Å². The molecule has 116 valence electrons. The summed E-state index contributed by atoms with van der Waals surface area (Å²) in [5.41, 5.74) is 0.686. The Morgan fingerprint density at radius 1 is 1.29 bits per heavy atom. The maximum absolute atomic E-state index is 12.0. The van der Waals surface area contributed by atoms with Gasteiger partial charge in [0, 0.05) is 31.1 Å². The van der Waals surface area contributed by atoms with Gasteiger partial charge in [-0.3, -0.25) is 14.9 Å². The Hall–Kier alpha value is -1.95. The van der Waals surface area contributed by atoms with Gasteiger partial charge < -0.3 is 9.64 Å². The van der Waals surface area contributed by atoms with Crippen LogP contribution >= 0.6 is 0 Å². The molecule has 0 bridgehead atoms. The van der Waals surface area contributed by atoms with E-state index in [2.05, 4.69) is 0 Å². The highest BCUT2D eigenvalue weighted by molar-refractivity contribution is 5.76. The molecule has 0 aliphatic carbocycles. The SMILES string of the molecule is CC.O=C(CCc1ccccc1[N+](=O)[O-])N1CCOCC1. The van der Waals surface area contributed by atoms with Gasteiger partial charge in [0.25, 0.3) is 5.69 Å². The van der Waals surface area contributed by atoms with Crippen molar-refractivity contribution in [3.8, 4) is 0 Å². The van der Waals surface area contributed by atoms with Crippen LogP contribution in [0.3, 0.4) is 0 Å². The summed E-state index contributed by atoms with van der Waals surface area (Å²) in [6.45, 7) is 6.35. The summed E-state index contributed by atoms with van der Waals surface area (Å²) in [7, 11) is 0. The van der Waals surface area contributed by atoms with Crippen molar-refractivity contribution in [1.29, 1.82) is 0 Å². The lowest BCUT2D eigenvalue weighted by Crippen LogP contribution is -2.40. The number of rotatable bonds is 4. The first-order valence-corrected chi connectivity index (χ1v) is 7.26. The lowest BCUT2D eigenvalue weighted by molar-refractivity contribution is -0.385. The summed E-state index contributed by atoms with van der Waals surface area (Å²) < 4.78 is 5.18. The molecule has 0 aromatic heterocycles. The molecule has 0 radical (unpaired) electrons. The zero-order chi connectivity index (χ0) is 15.7. The molecule has 1 amide bonds. The molecular formula is C15H22N2O4. The number of carbonyl (C=O) groups excluding carboxylic acids is 1. The number of nitro groups is 1. The second kappa shape index (κ2) is 9.07. The summed E-state index contributed by atoms with van der Waals surface area (Å²) in [6, 6.07) is 6.55. The number of morpholine rings is 1. The maximum Gasteiger partial charge on any atom is 0.272 e. The number of nitrogens with zero attached hydrogens (tertiary/aromatic N) is 2. The minimum atomic E-state index is -0.408. The van der Waals surface area contributed by atoms with Crippen LogP contribution in [-0.2, 0) is 16.0 Å². The van der Waals surface area contributed by atoms with Gasteiger partial charge >= 0.3 is 0 Å². The predicted molar refractivity (Wildman–Crippen MR) is 80.2 cm³/mol. The topological polar surface area (TPSA) is 72.7 Å². The highest BCUT2D eigenvalue weighted by Crippen LogP contribution is 2.19. The largest absolute Gasteiger partial charge is 0.378 e. The smallest absolute Gasteiger partial charge is 0.272 e. The Bertz CT molecular complexity index is 470. The quantitative estimate of drug-likeness (QED) is 0.631. The highest BCUT2D eigenvalue weighted by Gasteiger charge is 2.18. The van der Waals surface area contributed by atoms with E-state index in [1.54, 1.807) is 23.1 Å². The normalized spacial score (nSPS) is 14.1. The third-order valence-corrected chi connectivity index (χ3v) is 3.16. The third-order valence-electron chi connectivity index (χ3n) is 3.16. The van der Waals surface area contributed by atoms with Crippen LogP contribution in [0.1, 0.15) is 25.8 Å². The molecule has 1 aliphatic rings. The number of carbonyl (C=O) groups is 1. The van der Waals surface area contributed by atoms with Crippen molar-refractivity contribution in [3.05, 3.63) is 39.9 Å². The molecule has 1 aliphatic heterocycles. The van der Waals surface area contributed by atoms with Crippen molar-refractivity contribution in [2.45, 2.75) is 26.7 Å². The lowest BCUT2D eigenvalue weighted by Gasteiger charge is -2.26. The number of ether oxygens (including phenoxy) is 1. The van der Waals surface area contributed by atoms with Crippen LogP contribution in [0.15, 0.2) is 24.3 Å². The number of hydrogen-bond donors (Lipinski definition) is 0. The Kier molecular flexibility index (Phi) is 7.39. The molecule has 0 spiro atoms. The van der Waals surface area contributed by atoms with Gasteiger partial charge in [-0.25, -0.2) is 0 Å². The van der Waals surface area contributed by atoms with E-state index in [4.69, 9.17) is 4.74 Å². The van der Waals surface area contributed by atoms with E-state index < -0.39 is 4.92 Å². The van der Waals surface area contributed by atoms with Crippen molar-refractivity contribution in [2.75, 3.05) is 26.3 Å². The molecule has 0 N–H and O–H groups in total. The molecule has 0 atom stereocenters. The molecule has 0 saturated carbocycles. The number of nitro benzene ring substituents is 1. The number of benzene rings is 1. The second-order valence-electron chi connectivity index (χ2n) is 4.38. The average Bonchev–Trinajstić information content (AvgIpc) is 2.55. The Morgan fingerprint density at radius 2 is 1.90 bits per heavy atom. The van der Waals surface area contributed by atoms with E-state index in [1.165, 1.54) is 6.07 Å². The van der Waals surface area contributed by atoms with E-state index >= 15 is 0 Å². The van der Waals surface area contributed by atoms with E-state index in [-0.39, 0.29) is 11.6 Å². The molecule has 6 nitrogen and oxygen atoms in total. The second-order valence-corrected chi connectivity index (χ2v) is 4.38. The van der Waals surface area contributed by atoms with Crippen LogP contribution < -0.4 is 0 Å². The summed E-state index contributed by atoms with van der Waals surface area (Å²) in [5, 5.41) is 10.9. The first-order valence-electron chi connectivity index (χ1n) is 7.26. The van der Waals surface area contributed by atoms with Gasteiger partial charge in [0.05, 0.1) is 18.1 Å². The number of para-hydroxylation sites is 1. The molecule has 6 heteroatoms. The number of amides is 1. The first kappa shape index (κ1) is 17.1. The summed E-state index contributed by atoms with van der Waals surface area (Å²) >= 11 is 0. The molecule has 21 heavy (non-hydrogen) atoms. The monoisotopic (exact) mass is 294 g/mol. The van der Waals surface area contributed by atoms with Crippen molar-refractivity contribution < 1.29 is 14.5 Å². The minimum Gasteiger partial charge on any atom is -0.378 e. The van der Waals surface area contributed by atoms with E-state index in [9.17, 15) is 14.9 Å². The fraction of sp³-hybridized carbons (Fsp3) is 0.533. The van der Waals surface area contributed by atoms with Gasteiger partial charge in [-0.15, -0.1) is 0 Å². The standard InChI is InChI=1S/C13H16N2O4.C2H6/c16-13(14-7-9-19-10-8-14)6-5-11-3-1-2-4-12(11)15(17)18;1-2/h1-4H,5-10H2;1-2H3. The fourth-order valence-corrected chi connectivity index (χ4v) is 2.11. The third kappa shape index (κ3) is 5.15. The van der Waals surface area contributed by atoms with Gasteiger partial charge in [-0.2, -0.15) is 0 Å². The highest BCUT2D eigenvalue weighted by atomic mass is 16.6. The Labute approximate surface area is 124 Å². The minimum absolute atomic E-state index is 0.0291. The predicted octanol–water partition coefficient (Wildman–Crippen LogP) is 2.41. The molecule has 0 unspecified atom stereocenters. The molecule has 1 aromatic carbocycles. The van der Waals surface area contributed by atoms with Gasteiger partial charge in [0.2, 0.25) is 5.91 Å². The van der Waals surface area contributed by atoms with E-state index in [1.807, 2.05) is 13.8 Å². The molecule has 1 aromatic rings. The molecule has 1 heterocycles. The van der Waals surface area contributed by atoms with Crippen molar-refractivity contribution in [3.63, 3.8) is 0 Å². The summed E-state index contributed by atoms with van der Waals surface area (Å²) in [5.74, 6) is 0.0291. The molecule has 1 fully saturated rings. The molecular weight excluding hydrogens is 272 g/mol. The average molecular weight is 294 g/mol. The van der Waals surface area contributed by atoms with Crippen molar-refractivity contribution in [1.82, 2.24) is 4.90 Å². The summed E-state index contributed by atoms with van der Waals surface area (Å²) in [4.78, 5) is 24.2. The fourth-order valence-electron chi connectivity index (χ4n) is 2.11. The van der Waals surface area contributed by atoms with Crippen molar-refractivity contribution in [2.24, 2.45) is 0 Å². The zero-order valence-corrected chi connectivity index (χ0v) is 12.6. The van der Waals surface area contributed by atoms with Crippen LogP contribution in [0.2, 0.25) is 0 Å². The Morgan fingerprint density at radius 3 is 2.52 bits per heavy atom. The molecule has 1 saturated heterocycles. The van der Waals surface area contributed by atoms with Crippen LogP contribution in [0.5, 0.6) is 0 Å². The van der Waals surface area contributed by atoms with Gasteiger partial charge in [0.1, 0.15) is 0 Å². The Balaban J connectivity index is 0.00000106. The summed E-state index contributed by atoms with van der Waals surface area (Å²) in [6.07, 6.45) is 0.693. The molecule has 2 rings (SSSR count). The maximum atomic E-state index is 12.0. The van der Waals surface area contributed by atoms with E-state index in [0.29, 0.717) is 44.7 Å². The van der Waals surface area contributed by atoms with Crippen molar-refractivity contribution >= 4 is 11.6 Å².